The highest BCUT2D eigenvalue weighted by atomic mass is 16.4. The second kappa shape index (κ2) is 6.78. The van der Waals surface area contributed by atoms with Crippen LogP contribution in [0, 0.1) is 6.92 Å². The number of nitrogen functional groups attached to an aromatic ring is 1. The summed E-state index contributed by atoms with van der Waals surface area (Å²) in [6.45, 7) is 3.82. The average molecular weight is 264 g/mol. The Morgan fingerprint density at radius 2 is 2.11 bits per heavy atom. The second-order valence-electron chi connectivity index (χ2n) is 4.60. The Labute approximate surface area is 112 Å². The standard InChI is InChI=1S/C14H20N2O3/c1-3-4-5-12(14(18)19)16-13(17)10-8-9(2)6-7-11(10)15/h6-8,12H,3-5,15H2,1-2H3,(H,16,17)(H,18,19). The number of hydrogen-bond donors (Lipinski definition) is 3. The van der Waals surface area contributed by atoms with Gasteiger partial charge in [0.15, 0.2) is 0 Å². The number of carboxylic acids is 1. The van der Waals surface area contributed by atoms with E-state index in [2.05, 4.69) is 5.32 Å². The van der Waals surface area contributed by atoms with Gasteiger partial charge < -0.3 is 16.2 Å². The predicted molar refractivity (Wildman–Crippen MR) is 74.0 cm³/mol. The van der Waals surface area contributed by atoms with Crippen LogP contribution in [-0.2, 0) is 4.79 Å². The van der Waals surface area contributed by atoms with E-state index in [0.29, 0.717) is 17.7 Å². The lowest BCUT2D eigenvalue weighted by molar-refractivity contribution is -0.139. The van der Waals surface area contributed by atoms with Gasteiger partial charge in [0.05, 0.1) is 5.56 Å². The fraction of sp³-hybridized carbons (Fsp3) is 0.429. The Kier molecular flexibility index (Phi) is 5.36. The number of nitrogens with two attached hydrogens (primary N) is 1. The zero-order valence-electron chi connectivity index (χ0n) is 11.3. The number of unbranched alkanes of at least 4 members (excludes halogenated alkanes) is 1. The van der Waals surface area contributed by atoms with Crippen LogP contribution in [0.4, 0.5) is 5.69 Å². The van der Waals surface area contributed by atoms with E-state index in [4.69, 9.17) is 10.8 Å². The molecule has 5 nitrogen and oxygen atoms in total. The van der Waals surface area contributed by atoms with E-state index in [1.54, 1.807) is 18.2 Å². The molecule has 0 saturated heterocycles. The number of nitrogens with one attached hydrogen (secondary N) is 1. The lowest BCUT2D eigenvalue weighted by atomic mass is 10.1. The first-order valence-electron chi connectivity index (χ1n) is 6.35. The normalized spacial score (nSPS) is 11.9. The van der Waals surface area contributed by atoms with Crippen molar-refractivity contribution in [3.05, 3.63) is 29.3 Å². The molecule has 19 heavy (non-hydrogen) atoms. The fourth-order valence-electron chi connectivity index (χ4n) is 1.77. The summed E-state index contributed by atoms with van der Waals surface area (Å²) in [5.41, 5.74) is 7.31. The quantitative estimate of drug-likeness (QED) is 0.685. The second-order valence-corrected chi connectivity index (χ2v) is 4.60. The number of carboxylic acid groups (broad SMARTS) is 1. The third-order valence-electron chi connectivity index (χ3n) is 2.90. The van der Waals surface area contributed by atoms with Gasteiger partial charge in [-0.3, -0.25) is 4.79 Å². The molecule has 0 spiro atoms. The first kappa shape index (κ1) is 15.0. The Balaban J connectivity index is 2.81. The van der Waals surface area contributed by atoms with E-state index >= 15 is 0 Å². The number of carbonyl (C=O) groups is 2. The van der Waals surface area contributed by atoms with Gasteiger partial charge in [0.25, 0.3) is 5.91 Å². The van der Waals surface area contributed by atoms with E-state index < -0.39 is 17.9 Å². The molecule has 104 valence electrons. The van der Waals surface area contributed by atoms with Crippen molar-refractivity contribution >= 4 is 17.6 Å². The molecule has 0 heterocycles. The fourth-order valence-corrected chi connectivity index (χ4v) is 1.77. The smallest absolute Gasteiger partial charge is 0.326 e. The number of aliphatic carboxylic acids is 1. The zero-order valence-corrected chi connectivity index (χ0v) is 11.3. The third-order valence-corrected chi connectivity index (χ3v) is 2.90. The van der Waals surface area contributed by atoms with Crippen molar-refractivity contribution in [3.8, 4) is 0 Å². The summed E-state index contributed by atoms with van der Waals surface area (Å²) in [5, 5.41) is 11.6. The Hall–Kier alpha value is -2.04. The molecule has 1 atom stereocenters. The summed E-state index contributed by atoms with van der Waals surface area (Å²) in [6, 6.07) is 4.24. The third kappa shape index (κ3) is 4.28. The van der Waals surface area contributed by atoms with Gasteiger partial charge >= 0.3 is 5.97 Å². The molecule has 0 aliphatic rings. The van der Waals surface area contributed by atoms with Gasteiger partial charge in [-0.2, -0.15) is 0 Å². The van der Waals surface area contributed by atoms with Gasteiger partial charge in [-0.05, 0) is 25.5 Å². The van der Waals surface area contributed by atoms with E-state index in [1.165, 1.54) is 0 Å². The molecule has 1 amide bonds. The summed E-state index contributed by atoms with van der Waals surface area (Å²) in [4.78, 5) is 23.1. The van der Waals surface area contributed by atoms with Gasteiger partial charge in [-0.15, -0.1) is 0 Å². The van der Waals surface area contributed by atoms with Crippen LogP contribution in [0.15, 0.2) is 18.2 Å². The number of hydrogen-bond acceptors (Lipinski definition) is 3. The summed E-state index contributed by atoms with van der Waals surface area (Å²) in [7, 11) is 0. The summed E-state index contributed by atoms with van der Waals surface area (Å²) < 4.78 is 0. The van der Waals surface area contributed by atoms with E-state index in [0.717, 1.165) is 18.4 Å². The molecule has 0 saturated carbocycles. The Bertz CT molecular complexity index is 472. The number of benzene rings is 1. The van der Waals surface area contributed by atoms with Crippen molar-refractivity contribution in [1.82, 2.24) is 5.32 Å². The number of rotatable bonds is 6. The lowest BCUT2D eigenvalue weighted by Gasteiger charge is -2.15. The van der Waals surface area contributed by atoms with Gasteiger partial charge in [0, 0.05) is 5.69 Å². The number of anilines is 1. The maximum absolute atomic E-state index is 12.0. The Morgan fingerprint density at radius 3 is 2.68 bits per heavy atom. The minimum absolute atomic E-state index is 0.322. The van der Waals surface area contributed by atoms with Crippen molar-refractivity contribution in [3.63, 3.8) is 0 Å². The minimum Gasteiger partial charge on any atom is -0.480 e. The van der Waals surface area contributed by atoms with Gasteiger partial charge in [0.2, 0.25) is 0 Å². The molecular formula is C14H20N2O3. The van der Waals surface area contributed by atoms with Crippen LogP contribution >= 0.6 is 0 Å². The van der Waals surface area contributed by atoms with E-state index in [-0.39, 0.29) is 0 Å². The van der Waals surface area contributed by atoms with Gasteiger partial charge in [0.1, 0.15) is 6.04 Å². The highest BCUT2D eigenvalue weighted by Gasteiger charge is 2.21. The molecule has 0 aromatic heterocycles. The molecular weight excluding hydrogens is 244 g/mol. The average Bonchev–Trinajstić information content (AvgIpc) is 2.36. The van der Waals surface area contributed by atoms with Crippen molar-refractivity contribution in [1.29, 1.82) is 0 Å². The first-order chi connectivity index (χ1) is 8.95. The highest BCUT2D eigenvalue weighted by Crippen LogP contribution is 2.14. The van der Waals surface area contributed by atoms with E-state index in [9.17, 15) is 9.59 Å². The minimum atomic E-state index is -1.02. The molecule has 1 rings (SSSR count). The summed E-state index contributed by atoms with van der Waals surface area (Å²) >= 11 is 0. The van der Waals surface area contributed by atoms with Crippen LogP contribution in [0.1, 0.15) is 42.1 Å². The summed E-state index contributed by atoms with van der Waals surface area (Å²) in [5.74, 6) is -1.46. The molecule has 1 aromatic carbocycles. The predicted octanol–water partition coefficient (Wildman–Crippen LogP) is 1.95. The molecule has 0 aliphatic carbocycles. The molecule has 1 aromatic rings. The van der Waals surface area contributed by atoms with Gasteiger partial charge in [-0.1, -0.05) is 31.4 Å². The largest absolute Gasteiger partial charge is 0.480 e. The van der Waals surface area contributed by atoms with Gasteiger partial charge in [-0.25, -0.2) is 4.79 Å². The molecule has 0 radical (unpaired) electrons. The number of amides is 1. The van der Waals surface area contributed by atoms with Crippen LogP contribution in [0.3, 0.4) is 0 Å². The Morgan fingerprint density at radius 1 is 1.42 bits per heavy atom. The first-order valence-corrected chi connectivity index (χ1v) is 6.35. The highest BCUT2D eigenvalue weighted by molar-refractivity contribution is 6.01. The van der Waals surface area contributed by atoms with E-state index in [1.807, 2.05) is 13.8 Å². The molecule has 0 fully saturated rings. The van der Waals surface area contributed by atoms with Crippen molar-refractivity contribution in [2.75, 3.05) is 5.73 Å². The van der Waals surface area contributed by atoms with Crippen LogP contribution in [0.25, 0.3) is 0 Å². The maximum Gasteiger partial charge on any atom is 0.326 e. The monoisotopic (exact) mass is 264 g/mol. The van der Waals surface area contributed by atoms with Crippen molar-refractivity contribution in [2.45, 2.75) is 39.2 Å². The lowest BCUT2D eigenvalue weighted by Crippen LogP contribution is -2.41. The summed E-state index contributed by atoms with van der Waals surface area (Å²) in [6.07, 6.45) is 2.05. The van der Waals surface area contributed by atoms with Crippen molar-refractivity contribution in [2.24, 2.45) is 0 Å². The van der Waals surface area contributed by atoms with Crippen LogP contribution < -0.4 is 11.1 Å². The SMILES string of the molecule is CCCCC(NC(=O)c1cc(C)ccc1N)C(=O)O. The van der Waals surface area contributed by atoms with Crippen molar-refractivity contribution < 1.29 is 14.7 Å². The van der Waals surface area contributed by atoms with Crippen LogP contribution in [0.5, 0.6) is 0 Å². The maximum atomic E-state index is 12.0. The number of carbonyl (C=O) groups excluding carboxylic acids is 1. The zero-order chi connectivity index (χ0) is 14.4. The van der Waals surface area contributed by atoms with Crippen LogP contribution in [0.2, 0.25) is 0 Å². The molecule has 4 N–H and O–H groups in total. The molecule has 0 bridgehead atoms. The topological polar surface area (TPSA) is 92.4 Å². The van der Waals surface area contributed by atoms with Crippen LogP contribution in [-0.4, -0.2) is 23.0 Å². The molecule has 1 unspecified atom stereocenters. The molecule has 0 aliphatic heterocycles. The molecule has 5 heteroatoms. The number of aryl methyl sites for hydroxylation is 1.